The third-order valence-corrected chi connectivity index (χ3v) is 7.96. The minimum atomic E-state index is -2.57. The van der Waals surface area contributed by atoms with E-state index >= 15 is 0 Å². The van der Waals surface area contributed by atoms with Crippen LogP contribution in [0.4, 0.5) is 8.78 Å². The van der Waals surface area contributed by atoms with E-state index in [1.165, 1.54) is 0 Å². The summed E-state index contributed by atoms with van der Waals surface area (Å²) in [6.45, 7) is 2.76. The number of halogens is 2. The number of rotatable bonds is 4. The first-order valence-electron chi connectivity index (χ1n) is 12.1. The monoisotopic (exact) mass is 467 g/mol. The molecule has 0 bridgehead atoms. The Morgan fingerprint density at radius 3 is 2.41 bits per heavy atom. The molecule has 1 saturated heterocycles. The molecule has 2 aromatic carbocycles. The second kappa shape index (κ2) is 8.77. The highest BCUT2D eigenvalue weighted by Crippen LogP contribution is 2.42. The van der Waals surface area contributed by atoms with Crippen LogP contribution in [0.3, 0.4) is 0 Å². The SMILES string of the molecule is Cc1nc2cc(-c3ccc([C@@H]4CC(N5CCC(F)(F)CC5)CCC4C(=O)O)cc3)ccc2n1C. The third kappa shape index (κ3) is 4.33. The molecule has 5 nitrogen and oxygen atoms in total. The summed E-state index contributed by atoms with van der Waals surface area (Å²) in [5.41, 5.74) is 5.19. The van der Waals surface area contributed by atoms with Gasteiger partial charge in [-0.05, 0) is 60.9 Å². The van der Waals surface area contributed by atoms with E-state index in [9.17, 15) is 18.7 Å². The van der Waals surface area contributed by atoms with Gasteiger partial charge in [-0.3, -0.25) is 9.69 Å². The van der Waals surface area contributed by atoms with Gasteiger partial charge in [0.15, 0.2) is 0 Å². The van der Waals surface area contributed by atoms with Crippen molar-refractivity contribution < 1.29 is 18.7 Å². The average Bonchev–Trinajstić information content (AvgIpc) is 3.11. The minimum Gasteiger partial charge on any atom is -0.481 e. The summed E-state index contributed by atoms with van der Waals surface area (Å²) in [6.07, 6.45) is 1.81. The van der Waals surface area contributed by atoms with Gasteiger partial charge in [-0.1, -0.05) is 30.3 Å². The first-order valence-corrected chi connectivity index (χ1v) is 12.1. The van der Waals surface area contributed by atoms with E-state index in [0.29, 0.717) is 25.9 Å². The largest absolute Gasteiger partial charge is 0.481 e. The standard InChI is InChI=1S/C27H31F2N3O2/c1-17-30-24-15-20(7-10-25(24)31(17)2)18-3-5-19(6-4-18)23-16-21(8-9-22(23)26(33)34)32-13-11-27(28,29)12-14-32/h3-7,10,15,21-23H,8-9,11-14,16H2,1-2H3,(H,33,34)/t21?,22?,23-/m0/s1. The molecule has 3 atom stereocenters. The summed E-state index contributed by atoms with van der Waals surface area (Å²) in [5, 5.41) is 9.87. The molecular weight excluding hydrogens is 436 g/mol. The number of aryl methyl sites for hydroxylation is 2. The Bertz CT molecular complexity index is 1190. The number of benzene rings is 2. The van der Waals surface area contributed by atoms with Crippen molar-refractivity contribution in [2.45, 2.75) is 56.9 Å². The minimum absolute atomic E-state index is 0.106. The number of nitrogens with zero attached hydrogens (tertiary/aromatic N) is 3. The zero-order valence-electron chi connectivity index (χ0n) is 19.7. The third-order valence-electron chi connectivity index (χ3n) is 7.96. The Balaban J connectivity index is 1.37. The van der Waals surface area contributed by atoms with Gasteiger partial charge in [-0.25, -0.2) is 13.8 Å². The van der Waals surface area contributed by atoms with Crippen molar-refractivity contribution in [3.05, 3.63) is 53.9 Å². The Morgan fingerprint density at radius 1 is 1.06 bits per heavy atom. The Kier molecular flexibility index (Phi) is 5.92. The molecule has 2 fully saturated rings. The summed E-state index contributed by atoms with van der Waals surface area (Å²) in [4.78, 5) is 18.8. The van der Waals surface area contributed by atoms with E-state index in [2.05, 4.69) is 44.8 Å². The molecule has 2 unspecified atom stereocenters. The molecular formula is C27H31F2N3O2. The molecule has 180 valence electrons. The zero-order valence-corrected chi connectivity index (χ0v) is 19.7. The smallest absolute Gasteiger partial charge is 0.307 e. The first kappa shape index (κ1) is 23.0. The summed E-state index contributed by atoms with van der Waals surface area (Å²) >= 11 is 0. The van der Waals surface area contributed by atoms with Crippen LogP contribution in [-0.4, -0.2) is 50.6 Å². The fourth-order valence-corrected chi connectivity index (χ4v) is 5.78. The molecule has 5 rings (SSSR count). The van der Waals surface area contributed by atoms with Gasteiger partial charge in [0.1, 0.15) is 5.82 Å². The molecule has 0 amide bonds. The number of carbonyl (C=O) groups is 1. The average molecular weight is 468 g/mol. The Labute approximate surface area is 198 Å². The van der Waals surface area contributed by atoms with Crippen molar-refractivity contribution in [3.8, 4) is 11.1 Å². The predicted octanol–water partition coefficient (Wildman–Crippen LogP) is 5.62. The molecule has 1 aromatic heterocycles. The normalized spacial score (nSPS) is 25.5. The summed E-state index contributed by atoms with van der Waals surface area (Å²) in [5.74, 6) is -2.93. The van der Waals surface area contributed by atoms with Crippen LogP contribution in [0.1, 0.15) is 49.4 Å². The first-order chi connectivity index (χ1) is 16.2. The molecule has 3 aromatic rings. The van der Waals surface area contributed by atoms with Crippen molar-refractivity contribution in [2.75, 3.05) is 13.1 Å². The van der Waals surface area contributed by atoms with Gasteiger partial charge < -0.3 is 9.67 Å². The number of fused-ring (bicyclic) bond motifs is 1. The van der Waals surface area contributed by atoms with E-state index < -0.39 is 17.8 Å². The highest BCUT2D eigenvalue weighted by Gasteiger charge is 2.41. The number of carboxylic acids is 1. The molecule has 1 saturated carbocycles. The van der Waals surface area contributed by atoms with Crippen molar-refractivity contribution in [1.29, 1.82) is 0 Å². The van der Waals surface area contributed by atoms with Crippen LogP contribution in [0.2, 0.25) is 0 Å². The second-order valence-corrected chi connectivity index (χ2v) is 9.95. The van der Waals surface area contributed by atoms with E-state index in [1.807, 2.05) is 26.1 Å². The van der Waals surface area contributed by atoms with Gasteiger partial charge in [0, 0.05) is 39.0 Å². The van der Waals surface area contributed by atoms with Gasteiger partial charge in [0.2, 0.25) is 0 Å². The van der Waals surface area contributed by atoms with Gasteiger partial charge >= 0.3 is 5.97 Å². The zero-order chi connectivity index (χ0) is 24.0. The Hall–Kier alpha value is -2.80. The maximum absolute atomic E-state index is 13.6. The Morgan fingerprint density at radius 2 is 1.74 bits per heavy atom. The summed E-state index contributed by atoms with van der Waals surface area (Å²) in [6, 6.07) is 14.6. The molecule has 1 aliphatic heterocycles. The quantitative estimate of drug-likeness (QED) is 0.541. The van der Waals surface area contributed by atoms with Crippen molar-refractivity contribution in [1.82, 2.24) is 14.5 Å². The van der Waals surface area contributed by atoms with E-state index in [-0.39, 0.29) is 24.8 Å². The van der Waals surface area contributed by atoms with Crippen LogP contribution in [-0.2, 0) is 11.8 Å². The van der Waals surface area contributed by atoms with Crippen molar-refractivity contribution in [2.24, 2.45) is 13.0 Å². The lowest BCUT2D eigenvalue weighted by Gasteiger charge is -2.43. The molecule has 2 aliphatic rings. The van der Waals surface area contributed by atoms with Crippen molar-refractivity contribution >= 4 is 17.0 Å². The molecule has 7 heteroatoms. The molecule has 1 N–H and O–H groups in total. The predicted molar refractivity (Wildman–Crippen MR) is 128 cm³/mol. The number of piperidine rings is 1. The molecule has 2 heterocycles. The number of hydrogen-bond donors (Lipinski definition) is 1. The van der Waals surface area contributed by atoms with E-state index in [1.54, 1.807) is 0 Å². The van der Waals surface area contributed by atoms with E-state index in [4.69, 9.17) is 0 Å². The molecule has 0 spiro atoms. The highest BCUT2D eigenvalue weighted by atomic mass is 19.3. The molecule has 34 heavy (non-hydrogen) atoms. The summed E-state index contributed by atoms with van der Waals surface area (Å²) in [7, 11) is 2.00. The van der Waals surface area contributed by atoms with Gasteiger partial charge in [0.25, 0.3) is 5.92 Å². The molecule has 1 aliphatic carbocycles. The van der Waals surface area contributed by atoms with Gasteiger partial charge in [-0.15, -0.1) is 0 Å². The number of aliphatic carboxylic acids is 1. The van der Waals surface area contributed by atoms with Gasteiger partial charge in [0.05, 0.1) is 17.0 Å². The fourth-order valence-electron chi connectivity index (χ4n) is 5.78. The van der Waals surface area contributed by atoms with Crippen LogP contribution in [0.15, 0.2) is 42.5 Å². The van der Waals surface area contributed by atoms with Crippen LogP contribution >= 0.6 is 0 Å². The number of imidazole rings is 1. The maximum atomic E-state index is 13.6. The lowest BCUT2D eigenvalue weighted by molar-refractivity contribution is -0.144. The maximum Gasteiger partial charge on any atom is 0.307 e. The topological polar surface area (TPSA) is 58.4 Å². The number of aromatic nitrogens is 2. The lowest BCUT2D eigenvalue weighted by Crippen LogP contribution is -2.48. The molecule has 0 radical (unpaired) electrons. The highest BCUT2D eigenvalue weighted by molar-refractivity contribution is 5.82. The second-order valence-electron chi connectivity index (χ2n) is 9.95. The number of hydrogen-bond acceptors (Lipinski definition) is 3. The number of alkyl halides is 2. The fraction of sp³-hybridized carbons (Fsp3) is 0.481. The number of carboxylic acid groups (broad SMARTS) is 1. The van der Waals surface area contributed by atoms with Crippen molar-refractivity contribution in [3.63, 3.8) is 0 Å². The number of likely N-dealkylation sites (tertiary alicyclic amines) is 1. The van der Waals surface area contributed by atoms with Crippen LogP contribution in [0.5, 0.6) is 0 Å². The van der Waals surface area contributed by atoms with Gasteiger partial charge in [-0.2, -0.15) is 0 Å². The van der Waals surface area contributed by atoms with Crippen LogP contribution < -0.4 is 0 Å². The van der Waals surface area contributed by atoms with Crippen LogP contribution in [0, 0.1) is 12.8 Å². The van der Waals surface area contributed by atoms with E-state index in [0.717, 1.165) is 40.0 Å². The lowest BCUT2D eigenvalue weighted by atomic mass is 9.72. The summed E-state index contributed by atoms with van der Waals surface area (Å²) < 4.78 is 29.3. The van der Waals surface area contributed by atoms with Crippen LogP contribution in [0.25, 0.3) is 22.2 Å².